The first-order valence-corrected chi connectivity index (χ1v) is 4.83. The number of hydrogen-bond acceptors (Lipinski definition) is 1. The molecular weight excluding hydrogens is 134 g/mol. The molecule has 2 aliphatic carbocycles. The topological polar surface area (TPSA) is 26.0 Å². The Morgan fingerprint density at radius 1 is 1.36 bits per heavy atom. The lowest BCUT2D eigenvalue weighted by Gasteiger charge is -2.18. The van der Waals surface area contributed by atoms with Gasteiger partial charge in [-0.2, -0.15) is 0 Å². The Morgan fingerprint density at radius 3 is 2.27 bits per heavy atom. The molecule has 0 aromatic heterocycles. The quantitative estimate of drug-likeness (QED) is 0.612. The molecule has 0 spiro atoms. The van der Waals surface area contributed by atoms with Gasteiger partial charge in [-0.1, -0.05) is 20.8 Å². The molecule has 4 atom stereocenters. The molecule has 64 valence electrons. The van der Waals surface area contributed by atoms with E-state index in [0.29, 0.717) is 11.5 Å². The molecule has 2 fully saturated rings. The molecule has 1 heteroatoms. The number of nitrogens with two attached hydrogens (primary N) is 1. The van der Waals surface area contributed by atoms with Crippen LogP contribution in [-0.4, -0.2) is 6.04 Å². The van der Waals surface area contributed by atoms with Gasteiger partial charge in [-0.3, -0.25) is 0 Å². The summed E-state index contributed by atoms with van der Waals surface area (Å²) in [6.45, 7) is 7.03. The second-order valence-electron chi connectivity index (χ2n) is 4.93. The minimum Gasteiger partial charge on any atom is -0.327 e. The van der Waals surface area contributed by atoms with E-state index in [-0.39, 0.29) is 0 Å². The van der Waals surface area contributed by atoms with Crippen molar-refractivity contribution in [2.75, 3.05) is 0 Å². The van der Waals surface area contributed by atoms with Crippen molar-refractivity contribution in [2.24, 2.45) is 28.9 Å². The summed E-state index contributed by atoms with van der Waals surface area (Å²) >= 11 is 0. The third-order valence-corrected chi connectivity index (χ3v) is 4.25. The molecule has 2 saturated carbocycles. The molecule has 0 saturated heterocycles. The van der Waals surface area contributed by atoms with Gasteiger partial charge in [-0.05, 0) is 36.0 Å². The highest BCUT2D eigenvalue weighted by atomic mass is 14.8. The first-order chi connectivity index (χ1) is 5.08. The molecule has 0 aromatic rings. The van der Waals surface area contributed by atoms with Gasteiger partial charge in [0.25, 0.3) is 0 Å². The van der Waals surface area contributed by atoms with Crippen LogP contribution >= 0.6 is 0 Å². The summed E-state index contributed by atoms with van der Waals surface area (Å²) in [5, 5.41) is 0. The second-order valence-corrected chi connectivity index (χ2v) is 4.93. The van der Waals surface area contributed by atoms with E-state index in [0.717, 1.165) is 17.8 Å². The summed E-state index contributed by atoms with van der Waals surface area (Å²) in [5.74, 6) is 2.61. The SMILES string of the molecule is CC(C)[C@@]12C[C@@H]1[C@@H](C)[C@@H](N)C2. The lowest BCUT2D eigenvalue weighted by Crippen LogP contribution is -2.26. The fourth-order valence-corrected chi connectivity index (χ4v) is 3.12. The maximum atomic E-state index is 6.02. The molecule has 0 unspecified atom stereocenters. The van der Waals surface area contributed by atoms with E-state index in [1.165, 1.54) is 12.8 Å². The van der Waals surface area contributed by atoms with Gasteiger partial charge in [0.15, 0.2) is 0 Å². The van der Waals surface area contributed by atoms with Crippen LogP contribution in [0.15, 0.2) is 0 Å². The van der Waals surface area contributed by atoms with Crippen molar-refractivity contribution in [3.63, 3.8) is 0 Å². The fourth-order valence-electron chi connectivity index (χ4n) is 3.12. The second kappa shape index (κ2) is 2.01. The van der Waals surface area contributed by atoms with E-state index in [2.05, 4.69) is 20.8 Å². The van der Waals surface area contributed by atoms with Crippen LogP contribution in [0.3, 0.4) is 0 Å². The summed E-state index contributed by atoms with van der Waals surface area (Å²) in [4.78, 5) is 0. The van der Waals surface area contributed by atoms with Crippen LogP contribution in [-0.2, 0) is 0 Å². The van der Waals surface area contributed by atoms with Crippen molar-refractivity contribution in [3.8, 4) is 0 Å². The summed E-state index contributed by atoms with van der Waals surface area (Å²) in [6.07, 6.45) is 2.75. The van der Waals surface area contributed by atoms with Gasteiger partial charge in [0.1, 0.15) is 0 Å². The largest absolute Gasteiger partial charge is 0.327 e. The first kappa shape index (κ1) is 7.60. The van der Waals surface area contributed by atoms with E-state index in [4.69, 9.17) is 5.73 Å². The average Bonchev–Trinajstić information content (AvgIpc) is 2.57. The van der Waals surface area contributed by atoms with Crippen LogP contribution in [0, 0.1) is 23.2 Å². The van der Waals surface area contributed by atoms with E-state index in [1.807, 2.05) is 0 Å². The lowest BCUT2D eigenvalue weighted by atomic mass is 9.89. The van der Waals surface area contributed by atoms with Crippen LogP contribution in [0.1, 0.15) is 33.6 Å². The molecule has 2 N–H and O–H groups in total. The van der Waals surface area contributed by atoms with E-state index in [9.17, 15) is 0 Å². The normalized spacial score (nSPS) is 54.8. The van der Waals surface area contributed by atoms with Crippen molar-refractivity contribution in [1.82, 2.24) is 0 Å². The minimum absolute atomic E-state index is 0.496. The van der Waals surface area contributed by atoms with Crippen LogP contribution < -0.4 is 5.73 Å². The predicted octanol–water partition coefficient (Wildman–Crippen LogP) is 2.02. The Morgan fingerprint density at radius 2 is 2.00 bits per heavy atom. The molecule has 0 radical (unpaired) electrons. The molecule has 0 aromatic carbocycles. The summed E-state index contributed by atoms with van der Waals surface area (Å²) in [7, 11) is 0. The third kappa shape index (κ3) is 0.807. The molecule has 11 heavy (non-hydrogen) atoms. The van der Waals surface area contributed by atoms with E-state index in [1.54, 1.807) is 0 Å². The monoisotopic (exact) mass is 153 g/mol. The summed E-state index contributed by atoms with van der Waals surface area (Å²) in [5.41, 5.74) is 6.70. The highest BCUT2D eigenvalue weighted by Crippen LogP contribution is 2.69. The Labute approximate surface area is 69.4 Å². The van der Waals surface area contributed by atoms with Gasteiger partial charge in [0, 0.05) is 6.04 Å². The number of rotatable bonds is 1. The van der Waals surface area contributed by atoms with Crippen molar-refractivity contribution in [2.45, 2.75) is 39.7 Å². The highest BCUT2D eigenvalue weighted by Gasteiger charge is 2.63. The molecule has 0 aliphatic heterocycles. The van der Waals surface area contributed by atoms with Gasteiger partial charge in [0.2, 0.25) is 0 Å². The van der Waals surface area contributed by atoms with Gasteiger partial charge >= 0.3 is 0 Å². The van der Waals surface area contributed by atoms with Crippen molar-refractivity contribution >= 4 is 0 Å². The Hall–Kier alpha value is -0.0400. The van der Waals surface area contributed by atoms with E-state index < -0.39 is 0 Å². The Bertz CT molecular complexity index is 176. The van der Waals surface area contributed by atoms with E-state index >= 15 is 0 Å². The van der Waals surface area contributed by atoms with Gasteiger partial charge in [-0.25, -0.2) is 0 Å². The molecule has 2 aliphatic rings. The summed E-state index contributed by atoms with van der Waals surface area (Å²) in [6, 6.07) is 0.496. The predicted molar refractivity (Wildman–Crippen MR) is 47.1 cm³/mol. The zero-order valence-corrected chi connectivity index (χ0v) is 7.80. The zero-order chi connectivity index (χ0) is 8.22. The number of hydrogen-bond donors (Lipinski definition) is 1. The third-order valence-electron chi connectivity index (χ3n) is 4.25. The fraction of sp³-hybridized carbons (Fsp3) is 1.00. The molecule has 0 amide bonds. The van der Waals surface area contributed by atoms with Crippen molar-refractivity contribution in [1.29, 1.82) is 0 Å². The summed E-state index contributed by atoms with van der Waals surface area (Å²) < 4.78 is 0. The standard InChI is InChI=1S/C10H19N/c1-6(2)10-4-8(10)7(3)9(11)5-10/h6-9H,4-5,11H2,1-3H3/t7-,8-,9+,10+/m1/s1. The molecule has 0 heterocycles. The van der Waals surface area contributed by atoms with Gasteiger partial charge in [-0.15, -0.1) is 0 Å². The molecule has 0 bridgehead atoms. The average molecular weight is 153 g/mol. The van der Waals surface area contributed by atoms with Crippen molar-refractivity contribution in [3.05, 3.63) is 0 Å². The Kier molecular flexibility index (Phi) is 1.39. The molecule has 2 rings (SSSR count). The maximum Gasteiger partial charge on any atom is 0.00728 e. The van der Waals surface area contributed by atoms with Crippen LogP contribution in [0.5, 0.6) is 0 Å². The first-order valence-electron chi connectivity index (χ1n) is 4.83. The van der Waals surface area contributed by atoms with Gasteiger partial charge in [0.05, 0.1) is 0 Å². The number of fused-ring (bicyclic) bond motifs is 1. The van der Waals surface area contributed by atoms with Crippen LogP contribution in [0.2, 0.25) is 0 Å². The zero-order valence-electron chi connectivity index (χ0n) is 7.80. The molecule has 1 nitrogen and oxygen atoms in total. The highest BCUT2D eigenvalue weighted by molar-refractivity contribution is 5.14. The van der Waals surface area contributed by atoms with Crippen molar-refractivity contribution < 1.29 is 0 Å². The smallest absolute Gasteiger partial charge is 0.00728 e. The van der Waals surface area contributed by atoms with Gasteiger partial charge < -0.3 is 5.73 Å². The molecular formula is C10H19N. The van der Waals surface area contributed by atoms with Crippen LogP contribution in [0.4, 0.5) is 0 Å². The Balaban J connectivity index is 2.13. The lowest BCUT2D eigenvalue weighted by molar-refractivity contribution is 0.335. The van der Waals surface area contributed by atoms with Crippen LogP contribution in [0.25, 0.3) is 0 Å². The maximum absolute atomic E-state index is 6.02. The minimum atomic E-state index is 0.496.